The summed E-state index contributed by atoms with van der Waals surface area (Å²) in [5.74, 6) is 6.18. The van der Waals surface area contributed by atoms with E-state index in [-0.39, 0.29) is 0 Å². The fraction of sp³-hybridized carbons (Fsp3) is 0.455. The average Bonchev–Trinajstić information content (AvgIpc) is 2.07. The van der Waals surface area contributed by atoms with E-state index >= 15 is 0 Å². The van der Waals surface area contributed by atoms with Crippen molar-refractivity contribution in [2.24, 2.45) is 0 Å². The molecule has 0 N–H and O–H groups in total. The van der Waals surface area contributed by atoms with Gasteiger partial charge in [0.15, 0.2) is 0 Å². The van der Waals surface area contributed by atoms with Crippen LogP contribution in [-0.4, -0.2) is 0 Å². The molecule has 0 amide bonds. The number of allylic oxidation sites excluding steroid dienone is 3. The van der Waals surface area contributed by atoms with Gasteiger partial charge in [-0.3, -0.25) is 0 Å². The van der Waals surface area contributed by atoms with Crippen LogP contribution >= 0.6 is 0 Å². The second-order valence-corrected chi connectivity index (χ2v) is 2.78. The highest BCUT2D eigenvalue weighted by molar-refractivity contribution is 5.21. The Bertz CT molecular complexity index is 210. The molecule has 0 heterocycles. The SMILES string of the molecule is C=CCCCC1=CCC#CC1. The van der Waals surface area contributed by atoms with Crippen LogP contribution in [0.4, 0.5) is 0 Å². The minimum absolute atomic E-state index is 0.962. The predicted octanol–water partition coefficient (Wildman–Crippen LogP) is 3.07. The molecule has 0 saturated heterocycles. The first-order valence-electron chi connectivity index (χ1n) is 4.18. The van der Waals surface area contributed by atoms with E-state index in [4.69, 9.17) is 0 Å². The van der Waals surface area contributed by atoms with Crippen LogP contribution in [0.2, 0.25) is 0 Å². The Hall–Kier alpha value is -0.960. The van der Waals surface area contributed by atoms with Gasteiger partial charge in [0.25, 0.3) is 0 Å². The molecule has 0 unspecified atom stereocenters. The van der Waals surface area contributed by atoms with E-state index in [0.717, 1.165) is 19.3 Å². The van der Waals surface area contributed by atoms with Crippen LogP contribution in [0, 0.1) is 11.8 Å². The molecule has 11 heavy (non-hydrogen) atoms. The number of rotatable bonds is 4. The Labute approximate surface area is 69.0 Å². The molecular weight excluding hydrogens is 132 g/mol. The summed E-state index contributed by atoms with van der Waals surface area (Å²) < 4.78 is 0. The van der Waals surface area contributed by atoms with E-state index in [0.29, 0.717) is 0 Å². The first kappa shape index (κ1) is 8.14. The Balaban J connectivity index is 2.18. The van der Waals surface area contributed by atoms with Gasteiger partial charge < -0.3 is 0 Å². The largest absolute Gasteiger partial charge is 0.103 e. The monoisotopic (exact) mass is 146 g/mol. The highest BCUT2D eigenvalue weighted by Gasteiger charge is 1.96. The van der Waals surface area contributed by atoms with Crippen molar-refractivity contribution in [2.45, 2.75) is 32.1 Å². The highest BCUT2D eigenvalue weighted by atomic mass is 14.0. The van der Waals surface area contributed by atoms with Crippen LogP contribution in [0.3, 0.4) is 0 Å². The second kappa shape index (κ2) is 4.79. The predicted molar refractivity (Wildman–Crippen MR) is 49.1 cm³/mol. The molecule has 1 aliphatic carbocycles. The normalized spacial score (nSPS) is 14.7. The summed E-state index contributed by atoms with van der Waals surface area (Å²) in [4.78, 5) is 0. The van der Waals surface area contributed by atoms with Crippen LogP contribution in [-0.2, 0) is 0 Å². The third-order valence-corrected chi connectivity index (χ3v) is 1.84. The highest BCUT2D eigenvalue weighted by Crippen LogP contribution is 2.14. The van der Waals surface area contributed by atoms with Gasteiger partial charge in [-0.25, -0.2) is 0 Å². The number of hydrogen-bond donors (Lipinski definition) is 0. The van der Waals surface area contributed by atoms with Crippen molar-refractivity contribution in [2.75, 3.05) is 0 Å². The lowest BCUT2D eigenvalue weighted by Crippen LogP contribution is -1.86. The Morgan fingerprint density at radius 1 is 1.55 bits per heavy atom. The van der Waals surface area contributed by atoms with Crippen molar-refractivity contribution < 1.29 is 0 Å². The number of unbranched alkanes of at least 4 members (excludes halogenated alkanes) is 1. The Kier molecular flexibility index (Phi) is 3.55. The van der Waals surface area contributed by atoms with E-state index < -0.39 is 0 Å². The van der Waals surface area contributed by atoms with Crippen LogP contribution in [0.15, 0.2) is 24.3 Å². The van der Waals surface area contributed by atoms with Gasteiger partial charge in [-0.15, -0.1) is 6.58 Å². The third-order valence-electron chi connectivity index (χ3n) is 1.84. The molecule has 0 aromatic rings. The maximum atomic E-state index is 3.70. The van der Waals surface area contributed by atoms with Gasteiger partial charge in [0.05, 0.1) is 0 Å². The summed E-state index contributed by atoms with van der Waals surface area (Å²) in [7, 11) is 0. The summed E-state index contributed by atoms with van der Waals surface area (Å²) in [6.45, 7) is 3.70. The second-order valence-electron chi connectivity index (χ2n) is 2.78. The van der Waals surface area contributed by atoms with Gasteiger partial charge in [0.2, 0.25) is 0 Å². The van der Waals surface area contributed by atoms with Gasteiger partial charge in [0.1, 0.15) is 0 Å². The average molecular weight is 146 g/mol. The van der Waals surface area contributed by atoms with E-state index in [1.165, 1.54) is 18.4 Å². The molecule has 0 aliphatic heterocycles. The zero-order valence-corrected chi connectivity index (χ0v) is 6.90. The minimum Gasteiger partial charge on any atom is -0.103 e. The summed E-state index contributed by atoms with van der Waals surface area (Å²) in [5, 5.41) is 0. The van der Waals surface area contributed by atoms with Crippen molar-refractivity contribution in [3.05, 3.63) is 24.3 Å². The van der Waals surface area contributed by atoms with Crippen LogP contribution in [0.25, 0.3) is 0 Å². The van der Waals surface area contributed by atoms with Gasteiger partial charge in [-0.05, 0) is 19.3 Å². The molecule has 0 heteroatoms. The zero-order chi connectivity index (χ0) is 7.94. The lowest BCUT2D eigenvalue weighted by molar-refractivity contribution is 0.815. The summed E-state index contributed by atoms with van der Waals surface area (Å²) in [6.07, 6.45) is 9.78. The summed E-state index contributed by atoms with van der Waals surface area (Å²) >= 11 is 0. The summed E-state index contributed by atoms with van der Waals surface area (Å²) in [6, 6.07) is 0. The Morgan fingerprint density at radius 2 is 2.45 bits per heavy atom. The van der Waals surface area contributed by atoms with Gasteiger partial charge in [0, 0.05) is 12.8 Å². The standard InChI is InChI=1S/C11H14/c1-2-3-5-8-11-9-6-4-7-10-11/h2,9H,1,3,5-6,8,10H2. The maximum absolute atomic E-state index is 3.70. The fourth-order valence-electron chi connectivity index (χ4n) is 1.18. The molecule has 0 spiro atoms. The first-order chi connectivity index (χ1) is 5.43. The molecule has 0 aromatic carbocycles. The molecule has 0 saturated carbocycles. The van der Waals surface area contributed by atoms with Crippen molar-refractivity contribution in [1.82, 2.24) is 0 Å². The molecule has 0 aromatic heterocycles. The molecular formula is C11H14. The van der Waals surface area contributed by atoms with Crippen LogP contribution in [0.1, 0.15) is 32.1 Å². The zero-order valence-electron chi connectivity index (χ0n) is 6.90. The van der Waals surface area contributed by atoms with E-state index in [9.17, 15) is 0 Å². The topological polar surface area (TPSA) is 0 Å². The molecule has 0 nitrogen and oxygen atoms in total. The van der Waals surface area contributed by atoms with Crippen molar-refractivity contribution >= 4 is 0 Å². The van der Waals surface area contributed by atoms with Crippen molar-refractivity contribution in [3.63, 3.8) is 0 Å². The van der Waals surface area contributed by atoms with Gasteiger partial charge in [-0.2, -0.15) is 0 Å². The molecule has 1 aliphatic rings. The minimum atomic E-state index is 0.962. The van der Waals surface area contributed by atoms with Crippen molar-refractivity contribution in [1.29, 1.82) is 0 Å². The molecule has 1 rings (SSSR count). The van der Waals surface area contributed by atoms with Gasteiger partial charge in [-0.1, -0.05) is 29.6 Å². The van der Waals surface area contributed by atoms with Crippen LogP contribution < -0.4 is 0 Å². The van der Waals surface area contributed by atoms with Gasteiger partial charge >= 0.3 is 0 Å². The maximum Gasteiger partial charge on any atom is 0.0299 e. The molecule has 0 fully saturated rings. The number of hydrogen-bond acceptors (Lipinski definition) is 0. The molecule has 0 atom stereocenters. The van der Waals surface area contributed by atoms with E-state index in [2.05, 4.69) is 24.5 Å². The lowest BCUT2D eigenvalue weighted by Gasteiger charge is -2.03. The summed E-state index contributed by atoms with van der Waals surface area (Å²) in [5.41, 5.74) is 1.52. The van der Waals surface area contributed by atoms with E-state index in [1.807, 2.05) is 6.08 Å². The van der Waals surface area contributed by atoms with Crippen LogP contribution in [0.5, 0.6) is 0 Å². The van der Waals surface area contributed by atoms with Crippen molar-refractivity contribution in [3.8, 4) is 11.8 Å². The fourth-order valence-corrected chi connectivity index (χ4v) is 1.18. The smallest absolute Gasteiger partial charge is 0.0299 e. The Morgan fingerprint density at radius 3 is 3.09 bits per heavy atom. The quantitative estimate of drug-likeness (QED) is 0.325. The lowest BCUT2D eigenvalue weighted by atomic mass is 10.0. The third kappa shape index (κ3) is 3.09. The molecule has 0 bridgehead atoms. The molecule has 0 radical (unpaired) electrons. The first-order valence-corrected chi connectivity index (χ1v) is 4.18. The molecule has 58 valence electrons. The van der Waals surface area contributed by atoms with E-state index in [1.54, 1.807) is 0 Å².